The molecule has 29 heavy (non-hydrogen) atoms. The zero-order chi connectivity index (χ0) is 20.1. The molecule has 1 aliphatic rings. The van der Waals surface area contributed by atoms with Gasteiger partial charge in [-0.05, 0) is 54.8 Å². The molecule has 5 heteroatoms. The summed E-state index contributed by atoms with van der Waals surface area (Å²) in [4.78, 5) is 19.2. The number of nitrogens with zero attached hydrogens (tertiary/aromatic N) is 2. The molecule has 0 radical (unpaired) electrons. The number of benzene rings is 2. The molecule has 148 valence electrons. The average molecular weight is 387 g/mol. The van der Waals surface area contributed by atoms with Crippen LogP contribution in [0.4, 0.5) is 0 Å². The molecule has 0 bridgehead atoms. The number of ether oxygens (including phenoxy) is 1. The van der Waals surface area contributed by atoms with Crippen LogP contribution in [0.1, 0.15) is 29.7 Å². The standard InChI is InChI=1S/C24H25N3O2/c25-23(28)24(22-12-4-5-14-26-22)13-7-15-27(24)17-20-10-6-11-21(16-20)29-18-19-8-2-1-3-9-19/h1-6,8-12,14,16H,7,13,15,17-18H2,(H2,25,28). The summed E-state index contributed by atoms with van der Waals surface area (Å²) in [5.74, 6) is 0.471. The SMILES string of the molecule is NC(=O)C1(c2ccccn2)CCCN1Cc1cccc(OCc2ccccc2)c1. The van der Waals surface area contributed by atoms with Gasteiger partial charge in [0.25, 0.3) is 0 Å². The first kappa shape index (κ1) is 19.2. The van der Waals surface area contributed by atoms with E-state index in [-0.39, 0.29) is 5.91 Å². The topological polar surface area (TPSA) is 68.5 Å². The van der Waals surface area contributed by atoms with Crippen LogP contribution >= 0.6 is 0 Å². The van der Waals surface area contributed by atoms with Gasteiger partial charge in [-0.1, -0.05) is 48.5 Å². The summed E-state index contributed by atoms with van der Waals surface area (Å²) in [5, 5.41) is 0. The van der Waals surface area contributed by atoms with Crippen LogP contribution < -0.4 is 10.5 Å². The minimum Gasteiger partial charge on any atom is -0.489 e. The number of rotatable bonds is 7. The van der Waals surface area contributed by atoms with Gasteiger partial charge in [0.2, 0.25) is 5.91 Å². The highest BCUT2D eigenvalue weighted by molar-refractivity contribution is 5.86. The molecular formula is C24H25N3O2. The molecule has 1 fully saturated rings. The van der Waals surface area contributed by atoms with Crippen molar-refractivity contribution in [1.82, 2.24) is 9.88 Å². The van der Waals surface area contributed by atoms with Crippen LogP contribution in [0.15, 0.2) is 79.0 Å². The van der Waals surface area contributed by atoms with Crippen molar-refractivity contribution in [2.45, 2.75) is 31.5 Å². The first-order valence-corrected chi connectivity index (χ1v) is 9.90. The van der Waals surface area contributed by atoms with E-state index in [9.17, 15) is 4.79 Å². The minimum absolute atomic E-state index is 0.342. The van der Waals surface area contributed by atoms with E-state index < -0.39 is 5.54 Å². The third kappa shape index (κ3) is 4.00. The summed E-state index contributed by atoms with van der Waals surface area (Å²) >= 11 is 0. The second-order valence-corrected chi connectivity index (χ2v) is 7.39. The van der Waals surface area contributed by atoms with E-state index in [1.54, 1.807) is 6.20 Å². The monoisotopic (exact) mass is 387 g/mol. The smallest absolute Gasteiger partial charge is 0.244 e. The molecule has 1 saturated heterocycles. The Morgan fingerprint density at radius 1 is 1.03 bits per heavy atom. The van der Waals surface area contributed by atoms with Crippen LogP contribution in [0.25, 0.3) is 0 Å². The van der Waals surface area contributed by atoms with E-state index in [1.165, 1.54) is 0 Å². The summed E-state index contributed by atoms with van der Waals surface area (Å²) in [6.45, 7) is 1.93. The second-order valence-electron chi connectivity index (χ2n) is 7.39. The van der Waals surface area contributed by atoms with Gasteiger partial charge in [-0.3, -0.25) is 14.7 Å². The van der Waals surface area contributed by atoms with Crippen LogP contribution in [0, 0.1) is 0 Å². The van der Waals surface area contributed by atoms with Gasteiger partial charge in [-0.2, -0.15) is 0 Å². The van der Waals surface area contributed by atoms with Crippen molar-refractivity contribution < 1.29 is 9.53 Å². The zero-order valence-electron chi connectivity index (χ0n) is 16.3. The highest BCUT2D eigenvalue weighted by Gasteiger charge is 2.48. The second kappa shape index (κ2) is 8.45. The quantitative estimate of drug-likeness (QED) is 0.672. The van der Waals surface area contributed by atoms with Crippen molar-refractivity contribution in [1.29, 1.82) is 0 Å². The summed E-state index contributed by atoms with van der Waals surface area (Å²) < 4.78 is 5.96. The summed E-state index contributed by atoms with van der Waals surface area (Å²) in [5.41, 5.74) is 7.98. The number of likely N-dealkylation sites (tertiary alicyclic amines) is 1. The van der Waals surface area contributed by atoms with Crippen LogP contribution in [-0.2, 0) is 23.5 Å². The van der Waals surface area contributed by atoms with Gasteiger partial charge in [-0.15, -0.1) is 0 Å². The van der Waals surface area contributed by atoms with Gasteiger partial charge >= 0.3 is 0 Å². The summed E-state index contributed by atoms with van der Waals surface area (Å²) in [6, 6.07) is 23.8. The highest BCUT2D eigenvalue weighted by atomic mass is 16.5. The number of aromatic nitrogens is 1. The van der Waals surface area contributed by atoms with Gasteiger partial charge in [0.05, 0.1) is 5.69 Å². The Labute approximate surface area is 171 Å². The average Bonchev–Trinajstić information content (AvgIpc) is 3.18. The van der Waals surface area contributed by atoms with Crippen LogP contribution in [0.2, 0.25) is 0 Å². The predicted octanol–water partition coefficient (Wildman–Crippen LogP) is 3.64. The van der Waals surface area contributed by atoms with Crippen molar-refractivity contribution in [2.75, 3.05) is 6.54 Å². The third-order valence-electron chi connectivity index (χ3n) is 5.52. The van der Waals surface area contributed by atoms with E-state index in [2.05, 4.69) is 16.0 Å². The van der Waals surface area contributed by atoms with E-state index in [1.807, 2.05) is 66.7 Å². The van der Waals surface area contributed by atoms with Gasteiger partial charge in [0.15, 0.2) is 0 Å². The Morgan fingerprint density at radius 2 is 1.83 bits per heavy atom. The molecule has 2 N–H and O–H groups in total. The molecular weight excluding hydrogens is 362 g/mol. The Balaban J connectivity index is 1.53. The molecule has 0 spiro atoms. The van der Waals surface area contributed by atoms with Crippen molar-refractivity contribution >= 4 is 5.91 Å². The van der Waals surface area contributed by atoms with Crippen molar-refractivity contribution in [3.05, 3.63) is 95.8 Å². The molecule has 1 unspecified atom stereocenters. The number of nitrogens with two attached hydrogens (primary N) is 1. The van der Waals surface area contributed by atoms with Crippen molar-refractivity contribution in [2.24, 2.45) is 5.73 Å². The lowest BCUT2D eigenvalue weighted by atomic mass is 9.90. The summed E-state index contributed by atoms with van der Waals surface area (Å²) in [7, 11) is 0. The highest BCUT2D eigenvalue weighted by Crippen LogP contribution is 2.39. The lowest BCUT2D eigenvalue weighted by Crippen LogP contribution is -2.51. The number of amides is 1. The van der Waals surface area contributed by atoms with Crippen LogP contribution in [-0.4, -0.2) is 22.3 Å². The molecule has 5 nitrogen and oxygen atoms in total. The number of pyridine rings is 1. The molecule has 1 aliphatic heterocycles. The maximum atomic E-state index is 12.6. The van der Waals surface area contributed by atoms with E-state index in [4.69, 9.17) is 10.5 Å². The number of hydrogen-bond donors (Lipinski definition) is 1. The van der Waals surface area contributed by atoms with Gasteiger partial charge in [0, 0.05) is 12.7 Å². The number of carbonyl (C=O) groups excluding carboxylic acids is 1. The van der Waals surface area contributed by atoms with Crippen LogP contribution in [0.5, 0.6) is 5.75 Å². The number of hydrogen-bond acceptors (Lipinski definition) is 4. The van der Waals surface area contributed by atoms with E-state index in [0.717, 1.165) is 35.5 Å². The molecule has 1 amide bonds. The predicted molar refractivity (Wildman–Crippen MR) is 112 cm³/mol. The molecule has 2 heterocycles. The van der Waals surface area contributed by atoms with Gasteiger partial charge in [0.1, 0.15) is 17.9 Å². The molecule has 2 aromatic carbocycles. The Morgan fingerprint density at radius 3 is 2.59 bits per heavy atom. The fourth-order valence-corrected chi connectivity index (χ4v) is 4.09. The number of carbonyl (C=O) groups is 1. The van der Waals surface area contributed by atoms with Crippen molar-refractivity contribution in [3.8, 4) is 5.75 Å². The van der Waals surface area contributed by atoms with E-state index in [0.29, 0.717) is 19.6 Å². The van der Waals surface area contributed by atoms with Crippen LogP contribution in [0.3, 0.4) is 0 Å². The maximum Gasteiger partial charge on any atom is 0.244 e. The number of primary amides is 1. The normalized spacial score (nSPS) is 19.2. The molecule has 1 atom stereocenters. The molecule has 4 rings (SSSR count). The Kier molecular flexibility index (Phi) is 5.58. The Bertz CT molecular complexity index is 962. The van der Waals surface area contributed by atoms with Gasteiger partial charge in [-0.25, -0.2) is 0 Å². The largest absolute Gasteiger partial charge is 0.489 e. The van der Waals surface area contributed by atoms with E-state index >= 15 is 0 Å². The van der Waals surface area contributed by atoms with Crippen molar-refractivity contribution in [3.63, 3.8) is 0 Å². The molecule has 0 aliphatic carbocycles. The lowest BCUT2D eigenvalue weighted by Gasteiger charge is -2.35. The maximum absolute atomic E-state index is 12.6. The molecule has 3 aromatic rings. The first-order valence-electron chi connectivity index (χ1n) is 9.90. The minimum atomic E-state index is -0.859. The third-order valence-corrected chi connectivity index (χ3v) is 5.52. The first-order chi connectivity index (χ1) is 14.2. The zero-order valence-corrected chi connectivity index (χ0v) is 16.3. The summed E-state index contributed by atoms with van der Waals surface area (Å²) in [6.07, 6.45) is 3.31. The van der Waals surface area contributed by atoms with Gasteiger partial charge < -0.3 is 10.5 Å². The molecule has 1 aromatic heterocycles. The molecule has 0 saturated carbocycles. The fraction of sp³-hybridized carbons (Fsp3) is 0.250. The fourth-order valence-electron chi connectivity index (χ4n) is 4.09. The lowest BCUT2D eigenvalue weighted by molar-refractivity contribution is -0.129. The Hall–Kier alpha value is -3.18.